The molecule has 0 aromatic heterocycles. The summed E-state index contributed by atoms with van der Waals surface area (Å²) in [6.07, 6.45) is 8.84. The predicted molar refractivity (Wildman–Crippen MR) is 80.5 cm³/mol. The molecular weight excluding hydrogens is 266 g/mol. The lowest BCUT2D eigenvalue weighted by molar-refractivity contribution is -0.134. The van der Waals surface area contributed by atoms with Crippen molar-refractivity contribution < 1.29 is 9.59 Å². The van der Waals surface area contributed by atoms with Crippen molar-refractivity contribution in [1.29, 1.82) is 0 Å². The summed E-state index contributed by atoms with van der Waals surface area (Å²) >= 11 is 0. The third-order valence-electron chi connectivity index (χ3n) is 5.54. The molecule has 4 aliphatic rings. The minimum Gasteiger partial charge on any atom is -0.352 e. The van der Waals surface area contributed by atoms with Crippen LogP contribution in [-0.2, 0) is 4.79 Å². The maximum Gasteiger partial charge on any atom is 0.312 e. The molecule has 4 fully saturated rings. The van der Waals surface area contributed by atoms with E-state index in [1.807, 2.05) is 0 Å². The summed E-state index contributed by atoms with van der Waals surface area (Å²) in [5, 5.41) is 2.57. The van der Waals surface area contributed by atoms with Crippen LogP contribution in [0, 0.1) is 17.8 Å². The molecule has 2 saturated heterocycles. The van der Waals surface area contributed by atoms with Crippen LogP contribution in [0.3, 0.4) is 0 Å². The maximum atomic E-state index is 12.5. The lowest BCUT2D eigenvalue weighted by Crippen LogP contribution is -2.42. The van der Waals surface area contributed by atoms with Crippen LogP contribution < -0.4 is 11.1 Å². The summed E-state index contributed by atoms with van der Waals surface area (Å²) in [6, 6.07) is 0.0272. The maximum absolute atomic E-state index is 12.5. The fourth-order valence-electron chi connectivity index (χ4n) is 4.85. The van der Waals surface area contributed by atoms with Gasteiger partial charge in [-0.3, -0.25) is 4.79 Å². The van der Waals surface area contributed by atoms with Gasteiger partial charge in [0.25, 0.3) is 0 Å². The summed E-state index contributed by atoms with van der Waals surface area (Å²) < 4.78 is 0. The van der Waals surface area contributed by atoms with E-state index in [1.54, 1.807) is 0 Å². The third-order valence-corrected chi connectivity index (χ3v) is 5.54. The third kappa shape index (κ3) is 3.50. The highest BCUT2D eigenvalue weighted by atomic mass is 16.2. The van der Waals surface area contributed by atoms with E-state index in [-0.39, 0.29) is 0 Å². The van der Waals surface area contributed by atoms with E-state index in [4.69, 9.17) is 5.73 Å². The molecule has 0 aromatic carbocycles. The zero-order valence-electron chi connectivity index (χ0n) is 12.7. The van der Waals surface area contributed by atoms with Gasteiger partial charge in [0.1, 0.15) is 0 Å². The zero-order valence-corrected chi connectivity index (χ0v) is 12.7. The molecule has 0 aromatic rings. The Kier molecular flexibility index (Phi) is 4.36. The Balaban J connectivity index is 1.47. The number of urea groups is 1. The van der Waals surface area contributed by atoms with Crippen LogP contribution >= 0.6 is 0 Å². The highest BCUT2D eigenvalue weighted by molar-refractivity contribution is 5.76. The van der Waals surface area contributed by atoms with Crippen LogP contribution in [0.25, 0.3) is 0 Å². The number of unbranched alkanes of at least 4 members (excludes halogenated alkanes) is 1. The number of nitrogens with zero attached hydrogens (tertiary/aromatic N) is 1. The summed E-state index contributed by atoms with van der Waals surface area (Å²) in [6.45, 7) is 1.56. The van der Waals surface area contributed by atoms with Crippen LogP contribution in [0.15, 0.2) is 0 Å². The standard InChI is InChI=1S/C16H27N3O2/c17-16(21)18-4-2-1-3-15(20)19-10-13-6-11-5-12(7-13)9-14(19)8-11/h11-14H,1-10H2,(H3,17,18,21)/t11-,12+,13?,14?. The van der Waals surface area contributed by atoms with Crippen molar-refractivity contribution in [2.24, 2.45) is 23.5 Å². The van der Waals surface area contributed by atoms with E-state index in [9.17, 15) is 9.59 Å². The average molecular weight is 293 g/mol. The van der Waals surface area contributed by atoms with Gasteiger partial charge in [0, 0.05) is 25.6 Å². The number of primary amides is 1. The summed E-state index contributed by atoms with van der Waals surface area (Å²) in [7, 11) is 0. The number of rotatable bonds is 5. The second-order valence-corrected chi connectivity index (χ2v) is 7.22. The van der Waals surface area contributed by atoms with Crippen LogP contribution in [0.5, 0.6) is 0 Å². The number of fused-ring (bicyclic) bond motifs is 1. The molecule has 4 atom stereocenters. The minimum atomic E-state index is -0.484. The van der Waals surface area contributed by atoms with E-state index in [0.717, 1.165) is 37.1 Å². The van der Waals surface area contributed by atoms with Crippen molar-refractivity contribution in [3.8, 4) is 0 Å². The first-order valence-electron chi connectivity index (χ1n) is 8.44. The lowest BCUT2D eigenvalue weighted by atomic mass is 9.68. The van der Waals surface area contributed by atoms with Crippen LogP contribution in [-0.4, -0.2) is 36.0 Å². The largest absolute Gasteiger partial charge is 0.352 e. The first-order valence-corrected chi connectivity index (χ1v) is 8.44. The molecular formula is C16H27N3O2. The van der Waals surface area contributed by atoms with E-state index in [0.29, 0.717) is 24.9 Å². The van der Waals surface area contributed by atoms with Gasteiger partial charge in [-0.2, -0.15) is 0 Å². The Bertz CT molecular complexity index is 398. The fraction of sp³-hybridized carbons (Fsp3) is 0.875. The van der Waals surface area contributed by atoms with Crippen LogP contribution in [0.2, 0.25) is 0 Å². The SMILES string of the molecule is NC(=O)NCCCCC(=O)N1CC2C[C@@H]3CC1C[C@H](C2)C3. The first kappa shape index (κ1) is 14.7. The van der Waals surface area contributed by atoms with Gasteiger partial charge in [-0.1, -0.05) is 0 Å². The smallest absolute Gasteiger partial charge is 0.312 e. The van der Waals surface area contributed by atoms with E-state index in [2.05, 4.69) is 10.2 Å². The number of hydrogen-bond donors (Lipinski definition) is 2. The summed E-state index contributed by atoms with van der Waals surface area (Å²) in [4.78, 5) is 25.3. The molecule has 2 saturated carbocycles. The minimum absolute atomic E-state index is 0.326. The second kappa shape index (κ2) is 6.24. The van der Waals surface area contributed by atoms with Crippen molar-refractivity contribution >= 4 is 11.9 Å². The van der Waals surface area contributed by atoms with Crippen LogP contribution in [0.1, 0.15) is 51.4 Å². The van der Waals surface area contributed by atoms with Crippen molar-refractivity contribution in [3.63, 3.8) is 0 Å². The Hall–Kier alpha value is -1.26. The number of carbonyl (C=O) groups excluding carboxylic acids is 2. The number of nitrogens with two attached hydrogens (primary N) is 1. The molecule has 3 N–H and O–H groups in total. The Morgan fingerprint density at radius 2 is 1.67 bits per heavy atom. The van der Waals surface area contributed by atoms with Gasteiger partial charge in [-0.25, -0.2) is 4.79 Å². The number of nitrogens with one attached hydrogen (secondary N) is 1. The van der Waals surface area contributed by atoms with E-state index < -0.39 is 6.03 Å². The molecule has 4 rings (SSSR count). The number of hydrogen-bond acceptors (Lipinski definition) is 2. The molecule has 118 valence electrons. The molecule has 4 bridgehead atoms. The Morgan fingerprint density at radius 3 is 2.33 bits per heavy atom. The normalized spacial score (nSPS) is 33.8. The monoisotopic (exact) mass is 293 g/mol. The molecule has 21 heavy (non-hydrogen) atoms. The summed E-state index contributed by atoms with van der Waals surface area (Å²) in [5.74, 6) is 2.84. The van der Waals surface area contributed by atoms with E-state index in [1.165, 1.54) is 32.1 Å². The first-order chi connectivity index (χ1) is 10.1. The van der Waals surface area contributed by atoms with Crippen LogP contribution in [0.4, 0.5) is 4.79 Å². The fourth-order valence-corrected chi connectivity index (χ4v) is 4.85. The molecule has 0 radical (unpaired) electrons. The van der Waals surface area contributed by atoms with Gasteiger partial charge in [0.05, 0.1) is 0 Å². The Morgan fingerprint density at radius 1 is 1.00 bits per heavy atom. The molecule has 5 heteroatoms. The molecule has 5 nitrogen and oxygen atoms in total. The second-order valence-electron chi connectivity index (χ2n) is 7.22. The van der Waals surface area contributed by atoms with Crippen molar-refractivity contribution in [3.05, 3.63) is 0 Å². The zero-order chi connectivity index (χ0) is 14.8. The highest BCUT2D eigenvalue weighted by Crippen LogP contribution is 2.47. The van der Waals surface area contributed by atoms with Crippen molar-refractivity contribution in [2.75, 3.05) is 13.1 Å². The quantitative estimate of drug-likeness (QED) is 0.759. The van der Waals surface area contributed by atoms with E-state index >= 15 is 0 Å². The molecule has 2 aliphatic carbocycles. The molecule has 3 amide bonds. The van der Waals surface area contributed by atoms with Gasteiger partial charge in [-0.05, 0) is 62.7 Å². The van der Waals surface area contributed by atoms with Gasteiger partial charge >= 0.3 is 6.03 Å². The number of carbonyl (C=O) groups is 2. The summed E-state index contributed by atoms with van der Waals surface area (Å²) in [5.41, 5.74) is 5.02. The van der Waals surface area contributed by atoms with Gasteiger partial charge < -0.3 is 16.0 Å². The van der Waals surface area contributed by atoms with Gasteiger partial charge in [0.15, 0.2) is 0 Å². The number of amides is 3. The van der Waals surface area contributed by atoms with Crippen molar-refractivity contribution in [2.45, 2.75) is 57.4 Å². The average Bonchev–Trinajstić information content (AvgIpc) is 2.62. The molecule has 2 unspecified atom stereocenters. The van der Waals surface area contributed by atoms with Gasteiger partial charge in [-0.15, -0.1) is 0 Å². The van der Waals surface area contributed by atoms with Gasteiger partial charge in [0.2, 0.25) is 5.91 Å². The lowest BCUT2D eigenvalue weighted by Gasteiger charge is -2.39. The molecule has 0 spiro atoms. The van der Waals surface area contributed by atoms with Crippen molar-refractivity contribution in [1.82, 2.24) is 10.2 Å². The molecule has 2 aliphatic heterocycles. The molecule has 2 heterocycles. The highest BCUT2D eigenvalue weighted by Gasteiger charge is 2.43. The predicted octanol–water partition coefficient (Wildman–Crippen LogP) is 1.86. The Labute approximate surface area is 126 Å². The topological polar surface area (TPSA) is 75.4 Å².